The van der Waals surface area contributed by atoms with Crippen molar-refractivity contribution < 1.29 is 9.84 Å². The van der Waals surface area contributed by atoms with E-state index in [4.69, 9.17) is 4.74 Å². The van der Waals surface area contributed by atoms with Crippen LogP contribution in [0, 0.1) is 5.92 Å². The van der Waals surface area contributed by atoms with Crippen molar-refractivity contribution in [3.05, 3.63) is 0 Å². The molecule has 2 saturated heterocycles. The number of aliphatic hydroxyl groups excluding tert-OH is 1. The maximum Gasteiger partial charge on any atom is 0.0723 e. The Kier molecular flexibility index (Phi) is 3.92. The number of aliphatic hydroxyl groups is 1. The van der Waals surface area contributed by atoms with Crippen LogP contribution in [-0.2, 0) is 4.74 Å². The van der Waals surface area contributed by atoms with Gasteiger partial charge >= 0.3 is 0 Å². The van der Waals surface area contributed by atoms with Crippen LogP contribution < -0.4 is 5.32 Å². The summed E-state index contributed by atoms with van der Waals surface area (Å²) in [4.78, 5) is 0. The molecule has 3 fully saturated rings. The minimum absolute atomic E-state index is 0.137. The average molecular weight is 253 g/mol. The minimum Gasteiger partial charge on any atom is -0.391 e. The fraction of sp³-hybridized carbons (Fsp3) is 1.00. The molecule has 3 nitrogen and oxygen atoms in total. The quantitative estimate of drug-likeness (QED) is 0.793. The van der Waals surface area contributed by atoms with Crippen LogP contribution in [-0.4, -0.2) is 36.0 Å². The normalized spacial score (nSPS) is 37.8. The SMILES string of the molecule is OC(C1CCOC2(CCCC2)C1)C1CCCCN1. The van der Waals surface area contributed by atoms with Gasteiger partial charge in [-0.05, 0) is 51.0 Å². The minimum atomic E-state index is -0.160. The second-order valence-electron chi connectivity index (χ2n) is 6.54. The van der Waals surface area contributed by atoms with Crippen molar-refractivity contribution in [2.45, 2.75) is 75.5 Å². The van der Waals surface area contributed by atoms with Gasteiger partial charge in [0.25, 0.3) is 0 Å². The predicted octanol–water partition coefficient (Wildman–Crippen LogP) is 2.23. The highest BCUT2D eigenvalue weighted by molar-refractivity contribution is 4.95. The monoisotopic (exact) mass is 253 g/mol. The van der Waals surface area contributed by atoms with Gasteiger partial charge in [-0.2, -0.15) is 0 Å². The van der Waals surface area contributed by atoms with E-state index in [-0.39, 0.29) is 11.7 Å². The molecule has 3 rings (SSSR count). The Morgan fingerprint density at radius 2 is 1.94 bits per heavy atom. The van der Waals surface area contributed by atoms with Crippen LogP contribution in [0.3, 0.4) is 0 Å². The van der Waals surface area contributed by atoms with E-state index in [9.17, 15) is 5.11 Å². The topological polar surface area (TPSA) is 41.5 Å². The highest BCUT2D eigenvalue weighted by atomic mass is 16.5. The molecule has 0 amide bonds. The van der Waals surface area contributed by atoms with E-state index in [0.29, 0.717) is 12.0 Å². The van der Waals surface area contributed by atoms with Gasteiger partial charge in [-0.3, -0.25) is 0 Å². The maximum absolute atomic E-state index is 10.6. The lowest BCUT2D eigenvalue weighted by Gasteiger charge is -2.42. The van der Waals surface area contributed by atoms with Crippen molar-refractivity contribution in [3.63, 3.8) is 0 Å². The lowest BCUT2D eigenvalue weighted by atomic mass is 9.78. The zero-order chi connectivity index (χ0) is 12.4. The van der Waals surface area contributed by atoms with E-state index in [2.05, 4.69) is 5.32 Å². The van der Waals surface area contributed by atoms with Crippen molar-refractivity contribution in [1.82, 2.24) is 5.32 Å². The van der Waals surface area contributed by atoms with Crippen LogP contribution in [0.25, 0.3) is 0 Å². The molecule has 2 aliphatic heterocycles. The third-order valence-corrected chi connectivity index (χ3v) is 5.29. The molecular weight excluding hydrogens is 226 g/mol. The maximum atomic E-state index is 10.6. The zero-order valence-electron chi connectivity index (χ0n) is 11.4. The molecule has 0 aromatic heterocycles. The molecule has 1 aliphatic carbocycles. The molecule has 3 unspecified atom stereocenters. The summed E-state index contributed by atoms with van der Waals surface area (Å²) in [7, 11) is 0. The Bertz CT molecular complexity index is 270. The smallest absolute Gasteiger partial charge is 0.0723 e. The van der Waals surface area contributed by atoms with Gasteiger partial charge in [0.15, 0.2) is 0 Å². The molecule has 0 radical (unpaired) electrons. The standard InChI is InChI=1S/C15H27NO2/c17-14(13-5-1-4-9-16-13)12-6-10-18-15(11-12)7-2-3-8-15/h12-14,16-17H,1-11H2. The molecule has 1 saturated carbocycles. The average Bonchev–Trinajstić information content (AvgIpc) is 2.87. The third-order valence-electron chi connectivity index (χ3n) is 5.29. The van der Waals surface area contributed by atoms with Gasteiger partial charge in [0.05, 0.1) is 11.7 Å². The fourth-order valence-corrected chi connectivity index (χ4v) is 4.22. The highest BCUT2D eigenvalue weighted by Gasteiger charge is 2.43. The second kappa shape index (κ2) is 5.48. The number of piperidine rings is 1. The van der Waals surface area contributed by atoms with E-state index in [1.54, 1.807) is 0 Å². The largest absolute Gasteiger partial charge is 0.391 e. The van der Waals surface area contributed by atoms with Crippen molar-refractivity contribution >= 4 is 0 Å². The summed E-state index contributed by atoms with van der Waals surface area (Å²) in [6.07, 6.45) is 10.7. The number of nitrogens with one attached hydrogen (secondary N) is 1. The molecule has 104 valence electrons. The summed E-state index contributed by atoms with van der Waals surface area (Å²) in [5.41, 5.74) is 0.137. The van der Waals surface area contributed by atoms with Gasteiger partial charge < -0.3 is 15.2 Å². The van der Waals surface area contributed by atoms with E-state index in [1.165, 1.54) is 38.5 Å². The number of rotatable bonds is 2. The Balaban J connectivity index is 1.60. The summed E-state index contributed by atoms with van der Waals surface area (Å²) in [5.74, 6) is 0.451. The summed E-state index contributed by atoms with van der Waals surface area (Å²) in [5, 5.41) is 14.1. The van der Waals surface area contributed by atoms with Crippen LogP contribution in [0.5, 0.6) is 0 Å². The van der Waals surface area contributed by atoms with Gasteiger partial charge in [-0.1, -0.05) is 19.3 Å². The van der Waals surface area contributed by atoms with E-state index < -0.39 is 0 Å². The number of ether oxygens (including phenoxy) is 1. The van der Waals surface area contributed by atoms with Crippen molar-refractivity contribution in [2.24, 2.45) is 5.92 Å². The highest BCUT2D eigenvalue weighted by Crippen LogP contribution is 2.43. The first-order chi connectivity index (χ1) is 8.79. The number of hydrogen-bond donors (Lipinski definition) is 2. The van der Waals surface area contributed by atoms with E-state index in [1.807, 2.05) is 0 Å². The van der Waals surface area contributed by atoms with Gasteiger partial charge in [-0.25, -0.2) is 0 Å². The summed E-state index contributed by atoms with van der Waals surface area (Å²) < 4.78 is 6.06. The Labute approximate surface area is 110 Å². The van der Waals surface area contributed by atoms with Crippen molar-refractivity contribution in [2.75, 3.05) is 13.2 Å². The summed E-state index contributed by atoms with van der Waals surface area (Å²) in [6, 6.07) is 0.334. The molecule has 18 heavy (non-hydrogen) atoms. The first-order valence-corrected chi connectivity index (χ1v) is 7.85. The van der Waals surface area contributed by atoms with E-state index >= 15 is 0 Å². The molecule has 2 N–H and O–H groups in total. The summed E-state index contributed by atoms with van der Waals surface area (Å²) in [6.45, 7) is 1.94. The molecule has 2 heterocycles. The number of hydrogen-bond acceptors (Lipinski definition) is 3. The molecule has 3 atom stereocenters. The van der Waals surface area contributed by atoms with Gasteiger partial charge in [-0.15, -0.1) is 0 Å². The Morgan fingerprint density at radius 1 is 1.11 bits per heavy atom. The molecule has 0 aromatic carbocycles. The molecule has 3 heteroatoms. The van der Waals surface area contributed by atoms with Gasteiger partial charge in [0.2, 0.25) is 0 Å². The first kappa shape index (κ1) is 12.9. The molecule has 1 spiro atoms. The fourth-order valence-electron chi connectivity index (χ4n) is 4.22. The second-order valence-corrected chi connectivity index (χ2v) is 6.54. The van der Waals surface area contributed by atoms with Gasteiger partial charge in [0.1, 0.15) is 0 Å². The van der Waals surface area contributed by atoms with Crippen LogP contribution >= 0.6 is 0 Å². The van der Waals surface area contributed by atoms with Crippen LogP contribution in [0.15, 0.2) is 0 Å². The van der Waals surface area contributed by atoms with Crippen LogP contribution in [0.4, 0.5) is 0 Å². The van der Waals surface area contributed by atoms with Crippen molar-refractivity contribution in [1.29, 1.82) is 0 Å². The van der Waals surface area contributed by atoms with Crippen LogP contribution in [0.2, 0.25) is 0 Å². The van der Waals surface area contributed by atoms with Crippen LogP contribution in [0.1, 0.15) is 57.8 Å². The predicted molar refractivity (Wildman–Crippen MR) is 71.5 cm³/mol. The third kappa shape index (κ3) is 2.59. The Morgan fingerprint density at radius 3 is 2.67 bits per heavy atom. The first-order valence-electron chi connectivity index (χ1n) is 7.85. The lowest BCUT2D eigenvalue weighted by Crippen LogP contribution is -2.50. The molecule has 3 aliphatic rings. The van der Waals surface area contributed by atoms with Gasteiger partial charge in [0, 0.05) is 12.6 Å². The Hall–Kier alpha value is -0.120. The molecule has 0 aromatic rings. The zero-order valence-corrected chi connectivity index (χ0v) is 11.4. The van der Waals surface area contributed by atoms with E-state index in [0.717, 1.165) is 32.4 Å². The molecule has 0 bridgehead atoms. The van der Waals surface area contributed by atoms with Crippen molar-refractivity contribution in [3.8, 4) is 0 Å². The lowest BCUT2D eigenvalue weighted by molar-refractivity contribution is -0.117. The molecular formula is C15H27NO2. The summed E-state index contributed by atoms with van der Waals surface area (Å²) >= 11 is 0.